The Balaban J connectivity index is 1.91. The van der Waals surface area contributed by atoms with E-state index in [4.69, 9.17) is 4.74 Å². The SMILES string of the molecule is COc1ccc(C2=C(c3ccccc3)NC=NC2S(=O)(=O)c2ccc(C)cc2)cc1. The van der Waals surface area contributed by atoms with Gasteiger partial charge in [-0.3, -0.25) is 4.99 Å². The minimum Gasteiger partial charge on any atom is -0.497 e. The summed E-state index contributed by atoms with van der Waals surface area (Å²) in [6.45, 7) is 1.93. The molecule has 1 atom stereocenters. The number of sulfone groups is 1. The number of benzene rings is 3. The molecule has 0 bridgehead atoms. The molecule has 30 heavy (non-hydrogen) atoms. The third kappa shape index (κ3) is 3.74. The van der Waals surface area contributed by atoms with Crippen LogP contribution in [0.1, 0.15) is 16.7 Å². The second-order valence-corrected chi connectivity index (χ2v) is 9.02. The summed E-state index contributed by atoms with van der Waals surface area (Å²) in [6.07, 6.45) is 1.46. The quantitative estimate of drug-likeness (QED) is 0.671. The van der Waals surface area contributed by atoms with Crippen LogP contribution < -0.4 is 10.1 Å². The molecule has 4 rings (SSSR count). The maximum Gasteiger partial charge on any atom is 0.205 e. The number of methoxy groups -OCH3 is 1. The minimum atomic E-state index is -3.76. The fourth-order valence-corrected chi connectivity index (χ4v) is 5.00. The topological polar surface area (TPSA) is 67.8 Å². The van der Waals surface area contributed by atoms with Crippen molar-refractivity contribution in [1.29, 1.82) is 0 Å². The first-order valence-electron chi connectivity index (χ1n) is 9.53. The molecule has 1 heterocycles. The van der Waals surface area contributed by atoms with Gasteiger partial charge in [0.1, 0.15) is 5.75 Å². The van der Waals surface area contributed by atoms with Gasteiger partial charge in [-0.1, -0.05) is 60.2 Å². The van der Waals surface area contributed by atoms with Crippen LogP contribution in [0.3, 0.4) is 0 Å². The standard InChI is InChI=1S/C24H22N2O3S/c1-17-8-14-21(15-9-17)30(27,28)24-22(18-10-12-20(29-2)13-11-18)23(25-16-26-24)19-6-4-3-5-7-19/h3-16,24H,1-2H3,(H,25,26). The number of aliphatic imine (C=N–C) groups is 1. The Morgan fingerprint density at radius 3 is 2.17 bits per heavy atom. The van der Waals surface area contributed by atoms with Crippen molar-refractivity contribution < 1.29 is 13.2 Å². The molecule has 0 fully saturated rings. The monoisotopic (exact) mass is 418 g/mol. The highest BCUT2D eigenvalue weighted by Crippen LogP contribution is 2.36. The van der Waals surface area contributed by atoms with Crippen molar-refractivity contribution >= 4 is 27.4 Å². The van der Waals surface area contributed by atoms with Crippen LogP contribution >= 0.6 is 0 Å². The summed E-state index contributed by atoms with van der Waals surface area (Å²) in [5.74, 6) is 0.700. The number of rotatable bonds is 5. The number of hydrogen-bond donors (Lipinski definition) is 1. The summed E-state index contributed by atoms with van der Waals surface area (Å²) >= 11 is 0. The molecule has 3 aromatic carbocycles. The van der Waals surface area contributed by atoms with Gasteiger partial charge in [0.05, 0.1) is 24.0 Å². The van der Waals surface area contributed by atoms with E-state index in [1.807, 2.05) is 61.5 Å². The van der Waals surface area contributed by atoms with Gasteiger partial charge in [0.25, 0.3) is 0 Å². The number of hydrogen-bond acceptors (Lipinski definition) is 5. The number of aryl methyl sites for hydroxylation is 1. The van der Waals surface area contributed by atoms with Crippen LogP contribution in [0, 0.1) is 6.92 Å². The summed E-state index contributed by atoms with van der Waals surface area (Å²) in [4.78, 5) is 4.61. The van der Waals surface area contributed by atoms with E-state index in [1.54, 1.807) is 31.4 Å². The zero-order valence-electron chi connectivity index (χ0n) is 16.7. The van der Waals surface area contributed by atoms with Gasteiger partial charge in [-0.15, -0.1) is 0 Å². The molecule has 1 unspecified atom stereocenters. The Morgan fingerprint density at radius 2 is 1.53 bits per heavy atom. The second-order valence-electron chi connectivity index (χ2n) is 7.02. The highest BCUT2D eigenvalue weighted by Gasteiger charge is 2.35. The molecular formula is C24H22N2O3S. The molecule has 3 aromatic rings. The summed E-state index contributed by atoms with van der Waals surface area (Å²) in [5, 5.41) is 2.10. The average Bonchev–Trinajstić information content (AvgIpc) is 2.79. The summed E-state index contributed by atoms with van der Waals surface area (Å²) < 4.78 is 32.4. The highest BCUT2D eigenvalue weighted by atomic mass is 32.2. The van der Waals surface area contributed by atoms with E-state index in [1.165, 1.54) is 6.34 Å². The lowest BCUT2D eigenvalue weighted by atomic mass is 9.98. The Morgan fingerprint density at radius 1 is 0.867 bits per heavy atom. The predicted molar refractivity (Wildman–Crippen MR) is 120 cm³/mol. The molecule has 0 aliphatic carbocycles. The molecule has 1 aliphatic heterocycles. The first kappa shape index (κ1) is 19.9. The predicted octanol–water partition coefficient (Wildman–Crippen LogP) is 4.30. The first-order valence-corrected chi connectivity index (χ1v) is 11.1. The fourth-order valence-electron chi connectivity index (χ4n) is 3.44. The van der Waals surface area contributed by atoms with E-state index in [9.17, 15) is 8.42 Å². The van der Waals surface area contributed by atoms with Gasteiger partial charge >= 0.3 is 0 Å². The molecule has 0 spiro atoms. The fraction of sp³-hybridized carbons (Fsp3) is 0.125. The largest absolute Gasteiger partial charge is 0.497 e. The van der Waals surface area contributed by atoms with Crippen molar-refractivity contribution in [2.45, 2.75) is 17.2 Å². The van der Waals surface area contributed by atoms with Crippen molar-refractivity contribution in [3.8, 4) is 5.75 Å². The molecule has 152 valence electrons. The van der Waals surface area contributed by atoms with Gasteiger partial charge in [0.15, 0.2) is 5.37 Å². The van der Waals surface area contributed by atoms with Crippen LogP contribution in [0.25, 0.3) is 11.3 Å². The van der Waals surface area contributed by atoms with Crippen molar-refractivity contribution in [3.63, 3.8) is 0 Å². The van der Waals surface area contributed by atoms with E-state index in [0.29, 0.717) is 11.3 Å². The van der Waals surface area contributed by atoms with Crippen LogP contribution in [0.4, 0.5) is 0 Å². The van der Waals surface area contributed by atoms with E-state index >= 15 is 0 Å². The zero-order valence-corrected chi connectivity index (χ0v) is 17.6. The Kier molecular flexibility index (Phi) is 5.42. The molecule has 0 saturated carbocycles. The van der Waals surface area contributed by atoms with Crippen LogP contribution in [0.5, 0.6) is 5.75 Å². The molecule has 1 N–H and O–H groups in total. The minimum absolute atomic E-state index is 0.246. The molecule has 0 amide bonds. The molecule has 5 nitrogen and oxygen atoms in total. The van der Waals surface area contributed by atoms with Gasteiger partial charge in [0.2, 0.25) is 9.84 Å². The summed E-state index contributed by atoms with van der Waals surface area (Å²) in [7, 11) is -2.16. The van der Waals surface area contributed by atoms with E-state index in [2.05, 4.69) is 10.3 Å². The van der Waals surface area contributed by atoms with Crippen LogP contribution in [0.15, 0.2) is 88.8 Å². The molecule has 0 aromatic heterocycles. The van der Waals surface area contributed by atoms with E-state index in [-0.39, 0.29) is 4.90 Å². The lowest BCUT2D eigenvalue weighted by molar-refractivity contribution is 0.415. The summed E-state index contributed by atoms with van der Waals surface area (Å²) in [5.41, 5.74) is 3.97. The number of nitrogens with one attached hydrogen (secondary N) is 1. The summed E-state index contributed by atoms with van der Waals surface area (Å²) in [6, 6.07) is 23.9. The molecular weight excluding hydrogens is 396 g/mol. The second kappa shape index (κ2) is 8.16. The van der Waals surface area contributed by atoms with Gasteiger partial charge in [-0.25, -0.2) is 8.42 Å². The van der Waals surface area contributed by atoms with Crippen molar-refractivity contribution in [1.82, 2.24) is 5.32 Å². The Hall–Kier alpha value is -3.38. The highest BCUT2D eigenvalue weighted by molar-refractivity contribution is 7.92. The van der Waals surface area contributed by atoms with Crippen LogP contribution in [0.2, 0.25) is 0 Å². The van der Waals surface area contributed by atoms with Gasteiger partial charge in [0, 0.05) is 5.57 Å². The van der Waals surface area contributed by atoms with Crippen molar-refractivity contribution in [3.05, 3.63) is 95.6 Å². The smallest absolute Gasteiger partial charge is 0.205 e. The molecule has 6 heteroatoms. The van der Waals surface area contributed by atoms with Crippen molar-refractivity contribution in [2.75, 3.05) is 7.11 Å². The van der Waals surface area contributed by atoms with Gasteiger partial charge in [-0.2, -0.15) is 0 Å². The van der Waals surface area contributed by atoms with E-state index < -0.39 is 15.2 Å². The number of ether oxygens (including phenoxy) is 1. The maximum atomic E-state index is 13.6. The number of nitrogens with zero attached hydrogens (tertiary/aromatic N) is 1. The first-order chi connectivity index (χ1) is 14.5. The third-order valence-corrected chi connectivity index (χ3v) is 6.92. The molecule has 0 saturated heterocycles. The zero-order chi connectivity index (χ0) is 21.1. The maximum absolute atomic E-state index is 13.6. The lowest BCUT2D eigenvalue weighted by Crippen LogP contribution is -2.30. The van der Waals surface area contributed by atoms with Gasteiger partial charge < -0.3 is 10.1 Å². The Bertz CT molecular complexity index is 1200. The van der Waals surface area contributed by atoms with E-state index in [0.717, 1.165) is 22.4 Å². The normalized spacial score (nSPS) is 16.3. The average molecular weight is 419 g/mol. The van der Waals surface area contributed by atoms with Crippen molar-refractivity contribution in [2.24, 2.45) is 4.99 Å². The van der Waals surface area contributed by atoms with Gasteiger partial charge in [-0.05, 0) is 42.3 Å². The third-order valence-electron chi connectivity index (χ3n) is 5.04. The van der Waals surface area contributed by atoms with Crippen LogP contribution in [-0.2, 0) is 9.84 Å². The van der Waals surface area contributed by atoms with Crippen LogP contribution in [-0.4, -0.2) is 27.2 Å². The Labute approximate surface area is 176 Å². The molecule has 0 radical (unpaired) electrons. The lowest BCUT2D eigenvalue weighted by Gasteiger charge is -2.26. The molecule has 1 aliphatic rings.